The van der Waals surface area contributed by atoms with Crippen molar-refractivity contribution in [2.75, 3.05) is 49.3 Å². The Morgan fingerprint density at radius 2 is 0.548 bits per heavy atom. The number of nitrogens with zero attached hydrogens (tertiary/aromatic N) is 6. The summed E-state index contributed by atoms with van der Waals surface area (Å²) in [6.45, 7) is 0. The van der Waals surface area contributed by atoms with Gasteiger partial charge in [-0.1, -0.05) is 0 Å². The average molecular weight is 522 g/mol. The highest BCUT2D eigenvalue weighted by atomic mass is 79.9. The summed E-state index contributed by atoms with van der Waals surface area (Å²) in [4.78, 5) is 0. The lowest BCUT2D eigenvalue weighted by atomic mass is 10.4. The summed E-state index contributed by atoms with van der Waals surface area (Å²) in [5, 5.41) is 54.4. The summed E-state index contributed by atoms with van der Waals surface area (Å²) < 4.78 is 0. The molecule has 0 radical (unpaired) electrons. The Morgan fingerprint density at radius 3 is 0.710 bits per heavy atom. The molecule has 0 saturated heterocycles. The molecule has 0 spiro atoms. The third kappa shape index (κ3) is 14.1. The van der Waals surface area contributed by atoms with E-state index in [0.717, 1.165) is 62.1 Å². The summed E-state index contributed by atoms with van der Waals surface area (Å²) in [6, 6.07) is 13.4. The van der Waals surface area contributed by atoms with Gasteiger partial charge in [0.15, 0.2) is 0 Å². The molecule has 166 valence electrons. The average Bonchev–Trinajstić information content (AvgIpc) is 2.77. The predicted molar refractivity (Wildman–Crippen MR) is 123 cm³/mol. The van der Waals surface area contributed by atoms with E-state index in [1.165, 1.54) is 0 Å². The SMILES string of the molecule is N#CCC[P+](CCC#N)(CCC#N)CCCC[P+](CCC#N)(CCC#N)CCC#N.[Br-]. The van der Waals surface area contributed by atoms with Crippen LogP contribution in [0.1, 0.15) is 51.4 Å². The van der Waals surface area contributed by atoms with Gasteiger partial charge in [-0.3, -0.25) is 0 Å². The van der Waals surface area contributed by atoms with Gasteiger partial charge in [-0.05, 0) is 12.8 Å². The largest absolute Gasteiger partial charge is 1.00 e. The molecular formula is C22H32BrN6P2+. The van der Waals surface area contributed by atoms with Crippen LogP contribution in [0.5, 0.6) is 0 Å². The summed E-state index contributed by atoms with van der Waals surface area (Å²) in [7, 11) is -3.01. The van der Waals surface area contributed by atoms with Gasteiger partial charge in [0.25, 0.3) is 0 Å². The number of hydrogen-bond acceptors (Lipinski definition) is 6. The molecule has 0 atom stereocenters. The number of nitriles is 6. The second kappa shape index (κ2) is 20.2. The molecule has 9 heteroatoms. The zero-order chi connectivity index (χ0) is 22.6. The molecule has 0 unspecified atom stereocenters. The van der Waals surface area contributed by atoms with Crippen molar-refractivity contribution < 1.29 is 17.0 Å². The van der Waals surface area contributed by atoms with E-state index in [1.54, 1.807) is 0 Å². The first-order chi connectivity index (χ1) is 14.6. The van der Waals surface area contributed by atoms with Crippen molar-refractivity contribution in [2.24, 2.45) is 0 Å². The Balaban J connectivity index is 0. The maximum atomic E-state index is 9.07. The number of hydrogen-bond donors (Lipinski definition) is 0. The van der Waals surface area contributed by atoms with Crippen LogP contribution in [-0.2, 0) is 0 Å². The van der Waals surface area contributed by atoms with Gasteiger partial charge in [-0.2, -0.15) is 31.6 Å². The van der Waals surface area contributed by atoms with Crippen LogP contribution in [-0.4, -0.2) is 49.3 Å². The van der Waals surface area contributed by atoms with Crippen LogP contribution in [0.2, 0.25) is 0 Å². The van der Waals surface area contributed by atoms with Gasteiger partial charge in [-0.25, -0.2) is 0 Å². The van der Waals surface area contributed by atoms with Crippen molar-refractivity contribution in [3.05, 3.63) is 0 Å². The first kappa shape index (κ1) is 31.5. The lowest BCUT2D eigenvalue weighted by Gasteiger charge is -2.28. The van der Waals surface area contributed by atoms with E-state index in [0.29, 0.717) is 38.5 Å². The second-order valence-electron chi connectivity index (χ2n) is 7.63. The van der Waals surface area contributed by atoms with Crippen molar-refractivity contribution in [1.29, 1.82) is 31.6 Å². The predicted octanol–water partition coefficient (Wildman–Crippen LogP) is 2.29. The normalized spacial score (nSPS) is 10.3. The molecule has 0 N–H and O–H groups in total. The van der Waals surface area contributed by atoms with Gasteiger partial charge in [0, 0.05) is 14.5 Å². The van der Waals surface area contributed by atoms with Crippen molar-refractivity contribution in [2.45, 2.75) is 51.4 Å². The molecule has 0 aliphatic heterocycles. The smallest absolute Gasteiger partial charge is 0.0725 e. The van der Waals surface area contributed by atoms with Crippen molar-refractivity contribution in [3.63, 3.8) is 0 Å². The zero-order valence-corrected chi connectivity index (χ0v) is 21.6. The summed E-state index contributed by atoms with van der Waals surface area (Å²) >= 11 is 0. The molecule has 0 aromatic carbocycles. The van der Waals surface area contributed by atoms with Crippen LogP contribution < -0.4 is 17.0 Å². The van der Waals surface area contributed by atoms with Crippen LogP contribution in [0, 0.1) is 68.0 Å². The molecule has 0 aromatic rings. The fourth-order valence-corrected chi connectivity index (χ4v) is 11.9. The van der Waals surface area contributed by atoms with E-state index in [2.05, 4.69) is 36.4 Å². The molecule has 6 nitrogen and oxygen atoms in total. The van der Waals surface area contributed by atoms with E-state index in [-0.39, 0.29) is 17.0 Å². The minimum atomic E-state index is -1.50. The number of rotatable bonds is 17. The minimum Gasteiger partial charge on any atom is -1.00 e. The molecule has 0 amide bonds. The Hall–Kier alpha value is -1.72. The van der Waals surface area contributed by atoms with Crippen molar-refractivity contribution in [3.8, 4) is 36.4 Å². The maximum Gasteiger partial charge on any atom is 0.0725 e. The maximum absolute atomic E-state index is 9.07. The zero-order valence-electron chi connectivity index (χ0n) is 18.3. The molecule has 0 rings (SSSR count). The highest BCUT2D eigenvalue weighted by Gasteiger charge is 2.38. The van der Waals surface area contributed by atoms with E-state index in [1.807, 2.05) is 0 Å². The van der Waals surface area contributed by atoms with Crippen LogP contribution in [0.3, 0.4) is 0 Å². The first-order valence-corrected chi connectivity index (χ1v) is 15.6. The van der Waals surface area contributed by atoms with E-state index >= 15 is 0 Å². The van der Waals surface area contributed by atoms with Gasteiger partial charge < -0.3 is 17.0 Å². The van der Waals surface area contributed by atoms with Gasteiger partial charge in [0.1, 0.15) is 0 Å². The molecule has 0 heterocycles. The van der Waals surface area contributed by atoms with Gasteiger partial charge in [0.2, 0.25) is 0 Å². The third-order valence-corrected chi connectivity index (χ3v) is 15.3. The standard InChI is InChI=1S/C22H32N6P2.BrH/c23-9-3-17-29(18-4-10-24,19-5-11-25)15-1-2-16-30(20-6-12-26,21-7-13-27)22-8-14-28;/h1-8,15-22H2;1H/q+2;/p-1. The lowest BCUT2D eigenvalue weighted by Crippen LogP contribution is -3.00. The minimum absolute atomic E-state index is 0. The fraction of sp³-hybridized carbons (Fsp3) is 0.727. The Bertz CT molecular complexity index is 590. The molecule has 0 aliphatic carbocycles. The Kier molecular flexibility index (Phi) is 20.5. The molecule has 0 bridgehead atoms. The number of halogens is 1. The molecular weight excluding hydrogens is 490 g/mol. The highest BCUT2D eigenvalue weighted by molar-refractivity contribution is 7.76. The van der Waals surface area contributed by atoms with E-state index in [9.17, 15) is 0 Å². The third-order valence-electron chi connectivity index (χ3n) is 5.70. The van der Waals surface area contributed by atoms with Gasteiger partial charge in [0.05, 0.1) is 124 Å². The van der Waals surface area contributed by atoms with Crippen LogP contribution in [0.15, 0.2) is 0 Å². The quantitative estimate of drug-likeness (QED) is 0.212. The first-order valence-electron chi connectivity index (χ1n) is 10.5. The molecule has 0 aromatic heterocycles. The topological polar surface area (TPSA) is 143 Å². The van der Waals surface area contributed by atoms with E-state index < -0.39 is 14.5 Å². The van der Waals surface area contributed by atoms with Crippen LogP contribution in [0.25, 0.3) is 0 Å². The van der Waals surface area contributed by atoms with Crippen molar-refractivity contribution in [1.82, 2.24) is 0 Å². The number of unbranched alkanes of at least 4 members (excludes halogenated alkanes) is 1. The summed E-state index contributed by atoms with van der Waals surface area (Å²) in [5.74, 6) is 0. The second-order valence-corrected chi connectivity index (χ2v) is 16.6. The molecule has 0 saturated carbocycles. The molecule has 31 heavy (non-hydrogen) atoms. The monoisotopic (exact) mass is 521 g/mol. The fourth-order valence-electron chi connectivity index (χ4n) is 3.96. The summed E-state index contributed by atoms with van der Waals surface area (Å²) in [6.07, 6.45) is 11.8. The molecule has 0 aliphatic rings. The summed E-state index contributed by atoms with van der Waals surface area (Å²) in [5.41, 5.74) is 0. The van der Waals surface area contributed by atoms with E-state index in [4.69, 9.17) is 31.6 Å². The lowest BCUT2D eigenvalue weighted by molar-refractivity contribution is -0.00000798. The van der Waals surface area contributed by atoms with Crippen molar-refractivity contribution >= 4 is 14.5 Å². The van der Waals surface area contributed by atoms with Crippen LogP contribution in [0.4, 0.5) is 0 Å². The molecule has 0 fully saturated rings. The van der Waals surface area contributed by atoms with Crippen LogP contribution >= 0.6 is 14.5 Å². The highest BCUT2D eigenvalue weighted by Crippen LogP contribution is 2.63. The Morgan fingerprint density at radius 1 is 0.355 bits per heavy atom. The Labute approximate surface area is 199 Å². The van der Waals surface area contributed by atoms with Gasteiger partial charge in [-0.15, -0.1) is 0 Å². The van der Waals surface area contributed by atoms with Gasteiger partial charge >= 0.3 is 0 Å².